The molecule has 10 heteroatoms. The van der Waals surface area contributed by atoms with Crippen LogP contribution in [0.25, 0.3) is 21.7 Å². The molecule has 28 heavy (non-hydrogen) atoms. The number of aromatic amines is 1. The predicted molar refractivity (Wildman–Crippen MR) is 97.3 cm³/mol. The number of oxazole rings is 1. The summed E-state index contributed by atoms with van der Waals surface area (Å²) in [5.41, 5.74) is 0.737. The Morgan fingerprint density at radius 1 is 1.18 bits per heavy atom. The van der Waals surface area contributed by atoms with Crippen molar-refractivity contribution in [2.75, 3.05) is 5.32 Å². The Labute approximate surface area is 158 Å². The smallest absolute Gasteiger partial charge is 0.408 e. The molecule has 0 aliphatic heterocycles. The van der Waals surface area contributed by atoms with E-state index in [-0.39, 0.29) is 11.3 Å². The van der Waals surface area contributed by atoms with E-state index in [1.807, 2.05) is 0 Å². The van der Waals surface area contributed by atoms with E-state index in [9.17, 15) is 22.8 Å². The molecule has 0 bridgehead atoms. The highest BCUT2D eigenvalue weighted by atomic mass is 32.1. The fraction of sp³-hybridized carbons (Fsp3) is 0.0556. The minimum atomic E-state index is -4.46. The summed E-state index contributed by atoms with van der Waals surface area (Å²) in [6.45, 7) is 0. The van der Waals surface area contributed by atoms with E-state index in [1.54, 1.807) is 6.07 Å². The number of amides is 1. The molecule has 4 rings (SSSR count). The number of benzene rings is 2. The molecule has 0 aliphatic rings. The molecule has 2 heterocycles. The minimum absolute atomic E-state index is 0.0678. The summed E-state index contributed by atoms with van der Waals surface area (Å²) in [5.74, 6) is -1.14. The minimum Gasteiger partial charge on any atom is -0.408 e. The summed E-state index contributed by atoms with van der Waals surface area (Å²) >= 11 is 1.06. The summed E-state index contributed by atoms with van der Waals surface area (Å²) in [6, 6.07) is 9.36. The molecule has 0 fully saturated rings. The monoisotopic (exact) mass is 405 g/mol. The van der Waals surface area contributed by atoms with E-state index in [2.05, 4.69) is 15.3 Å². The number of halogens is 3. The predicted octanol–water partition coefficient (Wildman–Crippen LogP) is 4.52. The number of nitrogens with zero attached hydrogens (tertiary/aromatic N) is 1. The summed E-state index contributed by atoms with van der Waals surface area (Å²) in [5, 5.41) is 4.38. The zero-order chi connectivity index (χ0) is 19.9. The maximum Gasteiger partial charge on any atom is 0.417 e. The number of fused-ring (bicyclic) bond motifs is 1. The van der Waals surface area contributed by atoms with Crippen molar-refractivity contribution in [3.05, 3.63) is 69.7 Å². The first-order valence-electron chi connectivity index (χ1n) is 7.87. The molecule has 0 atom stereocenters. The number of carbonyl (C=O) groups is 1. The number of anilines is 1. The van der Waals surface area contributed by atoms with Crippen LogP contribution >= 0.6 is 11.3 Å². The Balaban J connectivity index is 1.56. The van der Waals surface area contributed by atoms with Gasteiger partial charge in [-0.25, -0.2) is 9.78 Å². The zero-order valence-electron chi connectivity index (χ0n) is 13.8. The molecule has 2 aromatic heterocycles. The Morgan fingerprint density at radius 2 is 2.00 bits per heavy atom. The Bertz CT molecular complexity index is 1240. The van der Waals surface area contributed by atoms with E-state index in [4.69, 9.17) is 4.42 Å². The molecular weight excluding hydrogens is 395 g/mol. The van der Waals surface area contributed by atoms with Crippen LogP contribution in [0.5, 0.6) is 0 Å². The summed E-state index contributed by atoms with van der Waals surface area (Å²) in [6.07, 6.45) is -4.46. The largest absolute Gasteiger partial charge is 0.417 e. The molecule has 2 aromatic carbocycles. The molecule has 0 spiro atoms. The number of thiazole rings is 1. The van der Waals surface area contributed by atoms with Crippen LogP contribution in [0.4, 0.5) is 18.9 Å². The lowest BCUT2D eigenvalue weighted by Gasteiger charge is -2.07. The summed E-state index contributed by atoms with van der Waals surface area (Å²) < 4.78 is 43.5. The van der Waals surface area contributed by atoms with Crippen molar-refractivity contribution in [2.45, 2.75) is 6.18 Å². The fourth-order valence-corrected chi connectivity index (χ4v) is 3.36. The first-order valence-corrected chi connectivity index (χ1v) is 8.75. The topological polar surface area (TPSA) is 88.0 Å². The first kappa shape index (κ1) is 18.0. The molecule has 0 radical (unpaired) electrons. The number of alkyl halides is 3. The number of nitrogens with one attached hydrogen (secondary N) is 2. The van der Waals surface area contributed by atoms with Crippen LogP contribution in [0.1, 0.15) is 16.1 Å². The molecule has 0 saturated carbocycles. The lowest BCUT2D eigenvalue weighted by Crippen LogP contribution is -2.12. The number of aromatic nitrogens is 2. The van der Waals surface area contributed by atoms with Crippen LogP contribution in [0.2, 0.25) is 0 Å². The average molecular weight is 405 g/mol. The van der Waals surface area contributed by atoms with Crippen molar-refractivity contribution in [1.82, 2.24) is 9.97 Å². The molecule has 0 saturated heterocycles. The standard InChI is InChI=1S/C18H10F3N3O3S/c19-18(20,21)10-3-1-2-9(6-10)16-23-13(8-28-16)15(25)22-11-4-5-14-12(7-11)24-17(26)27-14/h1-8H,(H,22,25)(H,24,26). The average Bonchev–Trinajstić information content (AvgIpc) is 3.27. The quantitative estimate of drug-likeness (QED) is 0.525. The molecule has 0 unspecified atom stereocenters. The van der Waals surface area contributed by atoms with Crippen LogP contribution < -0.4 is 11.1 Å². The van der Waals surface area contributed by atoms with Crippen molar-refractivity contribution in [2.24, 2.45) is 0 Å². The third kappa shape index (κ3) is 3.54. The van der Waals surface area contributed by atoms with Gasteiger partial charge in [-0.15, -0.1) is 11.3 Å². The Hall–Kier alpha value is -3.40. The van der Waals surface area contributed by atoms with E-state index >= 15 is 0 Å². The lowest BCUT2D eigenvalue weighted by atomic mass is 10.1. The van der Waals surface area contributed by atoms with Crippen LogP contribution in [0.15, 0.2) is 57.1 Å². The van der Waals surface area contributed by atoms with Crippen molar-refractivity contribution in [3.8, 4) is 10.6 Å². The third-order valence-corrected chi connectivity index (χ3v) is 4.74. The van der Waals surface area contributed by atoms with Gasteiger partial charge in [-0.05, 0) is 30.3 Å². The fourth-order valence-electron chi connectivity index (χ4n) is 2.56. The Morgan fingerprint density at radius 3 is 2.79 bits per heavy atom. The molecule has 2 N–H and O–H groups in total. The Kier molecular flexibility index (Phi) is 4.27. The van der Waals surface area contributed by atoms with E-state index in [1.165, 1.54) is 29.6 Å². The van der Waals surface area contributed by atoms with Gasteiger partial charge in [-0.1, -0.05) is 12.1 Å². The second kappa shape index (κ2) is 6.64. The van der Waals surface area contributed by atoms with Gasteiger partial charge < -0.3 is 9.73 Å². The number of hydrogen-bond acceptors (Lipinski definition) is 5. The second-order valence-electron chi connectivity index (χ2n) is 5.80. The van der Waals surface area contributed by atoms with Gasteiger partial charge in [0.2, 0.25) is 0 Å². The third-order valence-electron chi connectivity index (χ3n) is 3.85. The highest BCUT2D eigenvalue weighted by Crippen LogP contribution is 2.33. The molecule has 6 nitrogen and oxygen atoms in total. The van der Waals surface area contributed by atoms with E-state index in [0.717, 1.165) is 23.5 Å². The summed E-state index contributed by atoms with van der Waals surface area (Å²) in [7, 11) is 0. The lowest BCUT2D eigenvalue weighted by molar-refractivity contribution is -0.137. The van der Waals surface area contributed by atoms with Gasteiger partial charge in [0, 0.05) is 16.6 Å². The molecular formula is C18H10F3N3O3S. The zero-order valence-corrected chi connectivity index (χ0v) is 14.6. The van der Waals surface area contributed by atoms with E-state index < -0.39 is 23.4 Å². The SMILES string of the molecule is O=C(Nc1ccc2oc(=O)[nH]c2c1)c1csc(-c2cccc(C(F)(F)F)c2)n1. The van der Waals surface area contributed by atoms with Gasteiger partial charge >= 0.3 is 11.9 Å². The van der Waals surface area contributed by atoms with Gasteiger partial charge in [0.25, 0.3) is 5.91 Å². The molecule has 142 valence electrons. The number of H-pyrrole nitrogens is 1. The van der Waals surface area contributed by atoms with Gasteiger partial charge in [-0.2, -0.15) is 13.2 Å². The van der Waals surface area contributed by atoms with Crippen molar-refractivity contribution in [3.63, 3.8) is 0 Å². The van der Waals surface area contributed by atoms with E-state index in [0.29, 0.717) is 21.8 Å². The van der Waals surface area contributed by atoms with Crippen LogP contribution in [-0.4, -0.2) is 15.9 Å². The normalized spacial score (nSPS) is 11.7. The molecule has 0 aliphatic carbocycles. The molecule has 4 aromatic rings. The van der Waals surface area contributed by atoms with Crippen LogP contribution in [0.3, 0.4) is 0 Å². The summed E-state index contributed by atoms with van der Waals surface area (Å²) in [4.78, 5) is 30.2. The second-order valence-corrected chi connectivity index (χ2v) is 6.65. The van der Waals surface area contributed by atoms with Gasteiger partial charge in [0.05, 0.1) is 11.1 Å². The maximum atomic E-state index is 12.9. The van der Waals surface area contributed by atoms with Crippen LogP contribution in [0, 0.1) is 0 Å². The van der Waals surface area contributed by atoms with Crippen LogP contribution in [-0.2, 0) is 6.18 Å². The number of hydrogen-bond donors (Lipinski definition) is 2. The van der Waals surface area contributed by atoms with Crippen molar-refractivity contribution < 1.29 is 22.4 Å². The number of carbonyl (C=O) groups excluding carboxylic acids is 1. The highest BCUT2D eigenvalue weighted by molar-refractivity contribution is 7.13. The van der Waals surface area contributed by atoms with Gasteiger partial charge in [-0.3, -0.25) is 9.78 Å². The molecule has 1 amide bonds. The first-order chi connectivity index (χ1) is 13.3. The number of rotatable bonds is 3. The van der Waals surface area contributed by atoms with Gasteiger partial charge in [0.1, 0.15) is 10.7 Å². The maximum absolute atomic E-state index is 12.9. The van der Waals surface area contributed by atoms with Gasteiger partial charge in [0.15, 0.2) is 5.58 Å². The van der Waals surface area contributed by atoms with Crippen molar-refractivity contribution >= 4 is 34.0 Å². The van der Waals surface area contributed by atoms with Crippen molar-refractivity contribution in [1.29, 1.82) is 0 Å². The highest BCUT2D eigenvalue weighted by Gasteiger charge is 2.30.